The van der Waals surface area contributed by atoms with Crippen molar-refractivity contribution in [3.05, 3.63) is 110 Å². The van der Waals surface area contributed by atoms with Crippen LogP contribution >= 0.6 is 0 Å². The number of hydrogen-bond acceptors (Lipinski definition) is 4. The predicted octanol–water partition coefficient (Wildman–Crippen LogP) is 2.44. The SMILES string of the molecule is O=C(c1cc(Cc2n[nH]c(=O)c3ccccc23)ccc1F)N1Cc2ccc[n+]([O-])c2C1. The van der Waals surface area contributed by atoms with Crippen LogP contribution in [0.25, 0.3) is 10.8 Å². The highest BCUT2D eigenvalue weighted by molar-refractivity contribution is 5.95. The highest BCUT2D eigenvalue weighted by Gasteiger charge is 2.31. The molecule has 3 heterocycles. The maximum atomic E-state index is 14.5. The smallest absolute Gasteiger partial charge is 0.272 e. The van der Waals surface area contributed by atoms with Crippen molar-refractivity contribution in [2.45, 2.75) is 19.5 Å². The van der Waals surface area contributed by atoms with E-state index in [0.29, 0.717) is 34.1 Å². The number of nitrogens with one attached hydrogen (secondary N) is 1. The molecular formula is C23H17FN4O3. The monoisotopic (exact) mass is 416 g/mol. The molecule has 5 rings (SSSR count). The lowest BCUT2D eigenvalue weighted by molar-refractivity contribution is -0.614. The van der Waals surface area contributed by atoms with E-state index < -0.39 is 11.7 Å². The largest absolute Gasteiger partial charge is 0.618 e. The van der Waals surface area contributed by atoms with Crippen LogP contribution in [0.1, 0.15) is 32.9 Å². The third kappa shape index (κ3) is 3.31. The molecule has 1 N–H and O–H groups in total. The molecule has 0 saturated carbocycles. The Kier molecular flexibility index (Phi) is 4.47. The number of halogens is 1. The van der Waals surface area contributed by atoms with E-state index in [-0.39, 0.29) is 24.2 Å². The quantitative estimate of drug-likeness (QED) is 0.410. The van der Waals surface area contributed by atoms with E-state index in [1.165, 1.54) is 23.2 Å². The summed E-state index contributed by atoms with van der Waals surface area (Å²) in [6, 6.07) is 14.9. The van der Waals surface area contributed by atoms with Crippen LogP contribution in [0.15, 0.2) is 65.6 Å². The molecule has 2 aromatic carbocycles. The molecule has 154 valence electrons. The minimum atomic E-state index is -0.626. The number of benzene rings is 2. The summed E-state index contributed by atoms with van der Waals surface area (Å²) < 4.78 is 15.3. The first-order chi connectivity index (χ1) is 15.0. The van der Waals surface area contributed by atoms with Gasteiger partial charge in [0.15, 0.2) is 6.20 Å². The molecule has 7 nitrogen and oxygen atoms in total. The van der Waals surface area contributed by atoms with Crippen LogP contribution in [0.5, 0.6) is 0 Å². The minimum absolute atomic E-state index is 0.0588. The van der Waals surface area contributed by atoms with E-state index in [0.717, 1.165) is 10.3 Å². The van der Waals surface area contributed by atoms with Gasteiger partial charge in [0.1, 0.15) is 12.4 Å². The molecule has 0 spiro atoms. The minimum Gasteiger partial charge on any atom is -0.618 e. The first kappa shape index (κ1) is 18.9. The second-order valence-corrected chi connectivity index (χ2v) is 7.50. The van der Waals surface area contributed by atoms with Gasteiger partial charge in [-0.1, -0.05) is 24.3 Å². The van der Waals surface area contributed by atoms with Crippen LogP contribution < -0.4 is 10.3 Å². The van der Waals surface area contributed by atoms with E-state index >= 15 is 0 Å². The maximum absolute atomic E-state index is 14.5. The van der Waals surface area contributed by atoms with E-state index in [1.54, 1.807) is 30.3 Å². The number of nitrogens with zero attached hydrogens (tertiary/aromatic N) is 3. The summed E-state index contributed by atoms with van der Waals surface area (Å²) in [5.74, 6) is -1.10. The molecule has 2 aromatic heterocycles. The molecule has 0 saturated heterocycles. The Morgan fingerprint density at radius 3 is 2.74 bits per heavy atom. The Morgan fingerprint density at radius 1 is 1.13 bits per heavy atom. The topological polar surface area (TPSA) is 93.0 Å². The number of pyridine rings is 1. The molecule has 4 aromatic rings. The highest BCUT2D eigenvalue weighted by Crippen LogP contribution is 2.24. The summed E-state index contributed by atoms with van der Waals surface area (Å²) in [6.45, 7) is 0.390. The molecule has 0 fully saturated rings. The van der Waals surface area contributed by atoms with E-state index in [9.17, 15) is 19.2 Å². The lowest BCUT2D eigenvalue weighted by atomic mass is 10.0. The number of carbonyl (C=O) groups excluding carboxylic acids is 1. The van der Waals surface area contributed by atoms with Gasteiger partial charge in [-0.05, 0) is 29.8 Å². The molecule has 0 aliphatic carbocycles. The molecule has 0 unspecified atom stereocenters. The summed E-state index contributed by atoms with van der Waals surface area (Å²) >= 11 is 0. The number of carbonyl (C=O) groups is 1. The summed E-state index contributed by atoms with van der Waals surface area (Å²) in [5, 5.41) is 19.8. The third-order valence-corrected chi connectivity index (χ3v) is 5.55. The molecule has 31 heavy (non-hydrogen) atoms. The van der Waals surface area contributed by atoms with Gasteiger partial charge in [0.25, 0.3) is 11.5 Å². The fourth-order valence-corrected chi connectivity index (χ4v) is 3.98. The van der Waals surface area contributed by atoms with E-state index in [4.69, 9.17) is 0 Å². The number of hydrogen-bond donors (Lipinski definition) is 1. The van der Waals surface area contributed by atoms with Gasteiger partial charge in [0.05, 0.1) is 23.2 Å². The van der Waals surface area contributed by atoms with Crippen molar-refractivity contribution in [1.29, 1.82) is 0 Å². The van der Waals surface area contributed by atoms with Crippen LogP contribution in [0, 0.1) is 11.0 Å². The van der Waals surface area contributed by atoms with Gasteiger partial charge in [0, 0.05) is 23.4 Å². The number of rotatable bonds is 3. The van der Waals surface area contributed by atoms with Gasteiger partial charge >= 0.3 is 0 Å². The predicted molar refractivity (Wildman–Crippen MR) is 111 cm³/mol. The molecule has 0 atom stereocenters. The zero-order valence-electron chi connectivity index (χ0n) is 16.3. The van der Waals surface area contributed by atoms with Gasteiger partial charge in [-0.25, -0.2) is 9.49 Å². The number of fused-ring (bicyclic) bond motifs is 2. The Hall–Kier alpha value is -4.07. The summed E-state index contributed by atoms with van der Waals surface area (Å²) in [6.07, 6.45) is 1.70. The third-order valence-electron chi connectivity index (χ3n) is 5.55. The van der Waals surface area contributed by atoms with Gasteiger partial charge in [0.2, 0.25) is 5.69 Å². The van der Waals surface area contributed by atoms with Gasteiger partial charge < -0.3 is 10.1 Å². The fourth-order valence-electron chi connectivity index (χ4n) is 3.98. The van der Waals surface area contributed by atoms with E-state index in [2.05, 4.69) is 10.2 Å². The van der Waals surface area contributed by atoms with Crippen molar-refractivity contribution < 1.29 is 13.9 Å². The zero-order valence-corrected chi connectivity index (χ0v) is 16.3. The molecular weight excluding hydrogens is 399 g/mol. The van der Waals surface area contributed by atoms with Gasteiger partial charge in [-0.15, -0.1) is 0 Å². The van der Waals surface area contributed by atoms with Crippen LogP contribution in [-0.2, 0) is 19.5 Å². The summed E-state index contributed by atoms with van der Waals surface area (Å²) in [7, 11) is 0. The van der Waals surface area contributed by atoms with Crippen molar-refractivity contribution in [3.8, 4) is 0 Å². The zero-order chi connectivity index (χ0) is 21.5. The molecule has 1 aliphatic rings. The molecule has 0 bridgehead atoms. The maximum Gasteiger partial charge on any atom is 0.272 e. The number of amides is 1. The van der Waals surface area contributed by atoms with Crippen LogP contribution in [0.3, 0.4) is 0 Å². The number of aromatic nitrogens is 3. The van der Waals surface area contributed by atoms with Crippen LogP contribution in [0.4, 0.5) is 4.39 Å². The number of aromatic amines is 1. The Labute approximate surface area is 176 Å². The molecule has 1 amide bonds. The first-order valence-corrected chi connectivity index (χ1v) is 9.75. The standard InChI is InChI=1S/C23H17FN4O3/c24-19-8-7-14(11-20-16-5-1-2-6-17(16)22(29)26-25-20)10-18(19)23(30)27-12-15-4-3-9-28(31)21(15)13-27/h1-10H,11-13H2,(H,26,29). The van der Waals surface area contributed by atoms with Crippen molar-refractivity contribution >= 4 is 16.7 Å². The summed E-state index contributed by atoms with van der Waals surface area (Å²) in [5.41, 5.74) is 2.23. The fraction of sp³-hybridized carbons (Fsp3) is 0.130. The van der Waals surface area contributed by atoms with Crippen LogP contribution in [-0.4, -0.2) is 21.0 Å². The lowest BCUT2D eigenvalue weighted by Gasteiger charge is -2.16. The van der Waals surface area contributed by atoms with Gasteiger partial charge in [-0.3, -0.25) is 9.59 Å². The Morgan fingerprint density at radius 2 is 1.94 bits per heavy atom. The van der Waals surface area contributed by atoms with Crippen molar-refractivity contribution in [3.63, 3.8) is 0 Å². The van der Waals surface area contributed by atoms with E-state index in [1.807, 2.05) is 12.1 Å². The summed E-state index contributed by atoms with van der Waals surface area (Å²) in [4.78, 5) is 26.5. The van der Waals surface area contributed by atoms with Crippen LogP contribution in [0.2, 0.25) is 0 Å². The number of H-pyrrole nitrogens is 1. The molecule has 8 heteroatoms. The second kappa shape index (κ2) is 7.32. The van der Waals surface area contributed by atoms with Gasteiger partial charge in [-0.2, -0.15) is 9.83 Å². The highest BCUT2D eigenvalue weighted by atomic mass is 19.1. The average molecular weight is 416 g/mol. The molecule has 0 radical (unpaired) electrons. The Balaban J connectivity index is 1.46. The lowest BCUT2D eigenvalue weighted by Crippen LogP contribution is -2.33. The van der Waals surface area contributed by atoms with Crippen molar-refractivity contribution in [2.24, 2.45) is 0 Å². The first-order valence-electron chi connectivity index (χ1n) is 9.75. The van der Waals surface area contributed by atoms with Crippen molar-refractivity contribution in [2.75, 3.05) is 0 Å². The Bertz CT molecular complexity index is 1400. The second-order valence-electron chi connectivity index (χ2n) is 7.50. The average Bonchev–Trinajstić information content (AvgIpc) is 3.22. The van der Waals surface area contributed by atoms with Crippen molar-refractivity contribution in [1.82, 2.24) is 15.1 Å². The molecule has 1 aliphatic heterocycles. The normalized spacial score (nSPS) is 12.9.